The summed E-state index contributed by atoms with van der Waals surface area (Å²) in [7, 11) is 1.94. The predicted octanol–water partition coefficient (Wildman–Crippen LogP) is 1.43. The average Bonchev–Trinajstić information content (AvgIpc) is 2.84. The molecule has 0 spiro atoms. The first-order valence-corrected chi connectivity index (χ1v) is 5.97. The number of aromatic nitrogens is 4. The summed E-state index contributed by atoms with van der Waals surface area (Å²) in [6, 6.07) is 0.246. The van der Waals surface area contributed by atoms with Crippen LogP contribution in [0.15, 0.2) is 12.5 Å². The van der Waals surface area contributed by atoms with E-state index in [4.69, 9.17) is 0 Å². The van der Waals surface area contributed by atoms with E-state index in [1.165, 1.54) is 4.88 Å². The first-order valence-electron chi connectivity index (χ1n) is 5.15. The van der Waals surface area contributed by atoms with Crippen LogP contribution in [0.2, 0.25) is 0 Å². The monoisotopic (exact) mass is 237 g/mol. The highest BCUT2D eigenvalue weighted by Crippen LogP contribution is 2.18. The van der Waals surface area contributed by atoms with Gasteiger partial charge in [0.05, 0.1) is 12.6 Å². The molecule has 86 valence electrons. The lowest BCUT2D eigenvalue weighted by Crippen LogP contribution is -2.20. The minimum Gasteiger partial charge on any atom is -0.320 e. The third kappa shape index (κ3) is 2.45. The molecule has 0 fully saturated rings. The Morgan fingerprint density at radius 2 is 2.38 bits per heavy atom. The highest BCUT2D eigenvalue weighted by molar-refractivity contribution is 7.11. The molecule has 0 aliphatic carbocycles. The van der Waals surface area contributed by atoms with E-state index in [1.807, 2.05) is 17.8 Å². The molecule has 2 heterocycles. The van der Waals surface area contributed by atoms with Crippen LogP contribution in [0.5, 0.6) is 0 Å². The molecule has 0 saturated heterocycles. The molecule has 0 aliphatic rings. The van der Waals surface area contributed by atoms with Crippen LogP contribution in [0.1, 0.15) is 28.7 Å². The van der Waals surface area contributed by atoms with E-state index in [-0.39, 0.29) is 6.04 Å². The summed E-state index contributed by atoms with van der Waals surface area (Å²) >= 11 is 1.72. The van der Waals surface area contributed by atoms with E-state index in [0.29, 0.717) is 6.54 Å². The maximum Gasteiger partial charge on any atom is 0.146 e. The minimum atomic E-state index is 0.246. The van der Waals surface area contributed by atoms with E-state index in [2.05, 4.69) is 34.3 Å². The second kappa shape index (κ2) is 4.71. The summed E-state index contributed by atoms with van der Waals surface area (Å²) in [5.41, 5.74) is 0. The van der Waals surface area contributed by atoms with Crippen molar-refractivity contribution < 1.29 is 0 Å². The van der Waals surface area contributed by atoms with E-state index in [9.17, 15) is 0 Å². The van der Waals surface area contributed by atoms with Crippen LogP contribution in [0.3, 0.4) is 0 Å². The van der Waals surface area contributed by atoms with E-state index < -0.39 is 0 Å². The Balaban J connectivity index is 1.93. The van der Waals surface area contributed by atoms with Crippen molar-refractivity contribution in [1.29, 1.82) is 0 Å². The molecule has 0 amide bonds. The van der Waals surface area contributed by atoms with Crippen molar-refractivity contribution in [2.75, 3.05) is 0 Å². The zero-order chi connectivity index (χ0) is 11.5. The quantitative estimate of drug-likeness (QED) is 0.874. The third-order valence-electron chi connectivity index (χ3n) is 2.38. The molecule has 0 saturated carbocycles. The fourth-order valence-electron chi connectivity index (χ4n) is 1.37. The molecule has 0 aromatic carbocycles. The Labute approximate surface area is 98.5 Å². The predicted molar refractivity (Wildman–Crippen MR) is 63.1 cm³/mol. The van der Waals surface area contributed by atoms with Gasteiger partial charge < -0.3 is 9.88 Å². The zero-order valence-corrected chi connectivity index (χ0v) is 10.5. The van der Waals surface area contributed by atoms with E-state index >= 15 is 0 Å². The van der Waals surface area contributed by atoms with Crippen LogP contribution in [0, 0.1) is 6.92 Å². The smallest absolute Gasteiger partial charge is 0.146 e. The van der Waals surface area contributed by atoms with E-state index in [0.717, 1.165) is 10.8 Å². The average molecular weight is 237 g/mol. The van der Waals surface area contributed by atoms with Crippen LogP contribution in [-0.4, -0.2) is 19.7 Å². The highest BCUT2D eigenvalue weighted by atomic mass is 32.1. The maximum atomic E-state index is 4.35. The van der Waals surface area contributed by atoms with Gasteiger partial charge in [-0.1, -0.05) is 0 Å². The van der Waals surface area contributed by atoms with Crippen LogP contribution < -0.4 is 5.32 Å². The molecule has 2 aromatic rings. The number of hydrogen-bond acceptors (Lipinski definition) is 5. The number of thiazole rings is 1. The lowest BCUT2D eigenvalue weighted by Gasteiger charge is -2.10. The summed E-state index contributed by atoms with van der Waals surface area (Å²) < 4.78 is 1.91. The van der Waals surface area contributed by atoms with Gasteiger partial charge in [0, 0.05) is 18.1 Å². The second-order valence-electron chi connectivity index (χ2n) is 3.77. The summed E-state index contributed by atoms with van der Waals surface area (Å²) in [5, 5.41) is 12.3. The fraction of sp³-hybridized carbons (Fsp3) is 0.500. The number of hydrogen-bond donors (Lipinski definition) is 1. The van der Waals surface area contributed by atoms with E-state index in [1.54, 1.807) is 17.7 Å². The molecular weight excluding hydrogens is 222 g/mol. The molecular formula is C10H15N5S. The molecule has 2 aromatic heterocycles. The van der Waals surface area contributed by atoms with Crippen LogP contribution in [-0.2, 0) is 13.6 Å². The van der Waals surface area contributed by atoms with Gasteiger partial charge >= 0.3 is 0 Å². The normalized spacial score (nSPS) is 12.9. The molecule has 1 unspecified atom stereocenters. The lowest BCUT2D eigenvalue weighted by molar-refractivity contribution is 0.546. The Morgan fingerprint density at radius 1 is 1.56 bits per heavy atom. The van der Waals surface area contributed by atoms with Gasteiger partial charge in [0.25, 0.3) is 0 Å². The molecule has 5 nitrogen and oxygen atoms in total. The Bertz CT molecular complexity index is 461. The van der Waals surface area contributed by atoms with Crippen LogP contribution in [0.25, 0.3) is 0 Å². The summed E-state index contributed by atoms with van der Waals surface area (Å²) in [6.45, 7) is 4.88. The first kappa shape index (κ1) is 11.2. The van der Waals surface area contributed by atoms with Crippen molar-refractivity contribution in [2.45, 2.75) is 26.4 Å². The minimum absolute atomic E-state index is 0.246. The Kier molecular flexibility index (Phi) is 3.31. The van der Waals surface area contributed by atoms with Gasteiger partial charge in [0.1, 0.15) is 17.2 Å². The SMILES string of the molecule is Cc1cnc(C(C)NCc2nncn2C)s1. The summed E-state index contributed by atoms with van der Waals surface area (Å²) in [5.74, 6) is 0.931. The van der Waals surface area contributed by atoms with Gasteiger partial charge in [0.15, 0.2) is 0 Å². The zero-order valence-electron chi connectivity index (χ0n) is 9.64. The number of nitrogens with one attached hydrogen (secondary N) is 1. The van der Waals surface area contributed by atoms with Crippen molar-refractivity contribution in [3.05, 3.63) is 28.2 Å². The molecule has 16 heavy (non-hydrogen) atoms. The number of rotatable bonds is 4. The largest absolute Gasteiger partial charge is 0.320 e. The number of nitrogens with zero attached hydrogens (tertiary/aromatic N) is 4. The van der Waals surface area contributed by atoms with Gasteiger partial charge in [0.2, 0.25) is 0 Å². The molecule has 0 bridgehead atoms. The van der Waals surface area contributed by atoms with Crippen molar-refractivity contribution in [2.24, 2.45) is 7.05 Å². The first-order chi connectivity index (χ1) is 7.66. The molecule has 6 heteroatoms. The molecule has 0 aliphatic heterocycles. The van der Waals surface area contributed by atoms with Crippen molar-refractivity contribution in [3.63, 3.8) is 0 Å². The van der Waals surface area contributed by atoms with Gasteiger partial charge in [-0.05, 0) is 13.8 Å². The lowest BCUT2D eigenvalue weighted by atomic mass is 10.3. The molecule has 1 atom stereocenters. The van der Waals surface area contributed by atoms with Crippen LogP contribution in [0.4, 0.5) is 0 Å². The third-order valence-corrected chi connectivity index (χ3v) is 3.48. The Morgan fingerprint density at radius 3 is 2.94 bits per heavy atom. The second-order valence-corrected chi connectivity index (χ2v) is 5.04. The van der Waals surface area contributed by atoms with Crippen molar-refractivity contribution in [3.8, 4) is 0 Å². The van der Waals surface area contributed by atoms with Gasteiger partial charge in [-0.15, -0.1) is 21.5 Å². The topological polar surface area (TPSA) is 55.6 Å². The highest BCUT2D eigenvalue weighted by Gasteiger charge is 2.10. The molecule has 2 rings (SSSR count). The van der Waals surface area contributed by atoms with Gasteiger partial charge in [-0.2, -0.15) is 0 Å². The van der Waals surface area contributed by atoms with Gasteiger partial charge in [-0.25, -0.2) is 4.98 Å². The van der Waals surface area contributed by atoms with Crippen molar-refractivity contribution >= 4 is 11.3 Å². The molecule has 0 radical (unpaired) electrons. The molecule has 1 N–H and O–H groups in total. The summed E-state index contributed by atoms with van der Waals surface area (Å²) in [6.07, 6.45) is 3.61. The fourth-order valence-corrected chi connectivity index (χ4v) is 2.17. The standard InChI is InChI=1S/C10H15N5S/c1-7-4-12-10(16-7)8(2)11-5-9-14-13-6-15(9)3/h4,6,8,11H,5H2,1-3H3. The van der Waals surface area contributed by atoms with Crippen molar-refractivity contribution in [1.82, 2.24) is 25.1 Å². The number of aryl methyl sites for hydroxylation is 2. The van der Waals surface area contributed by atoms with Crippen LogP contribution >= 0.6 is 11.3 Å². The summed E-state index contributed by atoms with van der Waals surface area (Å²) in [4.78, 5) is 5.59. The maximum absolute atomic E-state index is 4.35. The van der Waals surface area contributed by atoms with Gasteiger partial charge in [-0.3, -0.25) is 0 Å². The Hall–Kier alpha value is -1.27.